The second kappa shape index (κ2) is 6.70. The van der Waals surface area contributed by atoms with E-state index < -0.39 is 42.8 Å². The monoisotopic (exact) mass is 296 g/mol. The average molecular weight is 296 g/mol. The summed E-state index contributed by atoms with van der Waals surface area (Å²) in [5, 5.41) is 8.33. The molecule has 0 bridgehead atoms. The Hall–Kier alpha value is -1.14. The number of amides is 1. The van der Waals surface area contributed by atoms with Crippen LogP contribution in [0.3, 0.4) is 0 Å². The van der Waals surface area contributed by atoms with Gasteiger partial charge in [-0.05, 0) is 0 Å². The maximum absolute atomic E-state index is 11.5. The molecular formula is C9H16N2O5S2. The first kappa shape index (κ1) is 16.9. The van der Waals surface area contributed by atoms with Crippen LogP contribution < -0.4 is 0 Å². The SMILES string of the molecule is CN(CCC#N)C(=O)CS(=O)(=O)CCS(C)(=O)=O. The van der Waals surface area contributed by atoms with Crippen molar-refractivity contribution in [2.24, 2.45) is 0 Å². The topological polar surface area (TPSA) is 112 Å². The molecule has 0 aliphatic heterocycles. The van der Waals surface area contributed by atoms with Gasteiger partial charge >= 0.3 is 0 Å². The van der Waals surface area contributed by atoms with E-state index in [1.54, 1.807) is 0 Å². The second-order valence-electron chi connectivity index (χ2n) is 3.95. The van der Waals surface area contributed by atoms with Gasteiger partial charge in [-0.25, -0.2) is 16.8 Å². The molecule has 0 aliphatic rings. The van der Waals surface area contributed by atoms with Crippen molar-refractivity contribution in [1.29, 1.82) is 5.26 Å². The van der Waals surface area contributed by atoms with E-state index in [-0.39, 0.29) is 13.0 Å². The quantitative estimate of drug-likeness (QED) is 0.584. The van der Waals surface area contributed by atoms with Gasteiger partial charge in [0, 0.05) is 19.8 Å². The van der Waals surface area contributed by atoms with Gasteiger partial charge in [0.25, 0.3) is 0 Å². The number of nitrogens with zero attached hydrogens (tertiary/aromatic N) is 2. The Kier molecular flexibility index (Phi) is 6.28. The van der Waals surface area contributed by atoms with Crippen LogP contribution in [-0.4, -0.2) is 64.7 Å². The van der Waals surface area contributed by atoms with Crippen molar-refractivity contribution >= 4 is 25.6 Å². The molecule has 9 heteroatoms. The molecule has 0 aromatic carbocycles. The third-order valence-corrected chi connectivity index (χ3v) is 4.81. The molecule has 0 aromatic rings. The largest absolute Gasteiger partial charge is 0.344 e. The normalized spacial score (nSPS) is 11.8. The molecule has 7 nitrogen and oxygen atoms in total. The molecule has 1 amide bonds. The maximum Gasteiger partial charge on any atom is 0.237 e. The van der Waals surface area contributed by atoms with Crippen LogP contribution in [-0.2, 0) is 24.5 Å². The molecule has 0 N–H and O–H groups in total. The van der Waals surface area contributed by atoms with Crippen molar-refractivity contribution in [2.75, 3.05) is 37.1 Å². The van der Waals surface area contributed by atoms with Crippen LogP contribution in [0, 0.1) is 11.3 Å². The highest BCUT2D eigenvalue weighted by atomic mass is 32.2. The van der Waals surface area contributed by atoms with Gasteiger partial charge < -0.3 is 4.90 Å². The molecule has 0 unspecified atom stereocenters. The number of carbonyl (C=O) groups excluding carboxylic acids is 1. The summed E-state index contributed by atoms with van der Waals surface area (Å²) in [7, 11) is -5.72. The molecule has 0 heterocycles. The summed E-state index contributed by atoms with van der Waals surface area (Å²) in [5.74, 6) is -2.43. The summed E-state index contributed by atoms with van der Waals surface area (Å²) < 4.78 is 44.7. The summed E-state index contributed by atoms with van der Waals surface area (Å²) in [6.45, 7) is 0.150. The third kappa shape index (κ3) is 8.03. The fraction of sp³-hybridized carbons (Fsp3) is 0.778. The molecule has 0 spiro atoms. The van der Waals surface area contributed by atoms with E-state index in [9.17, 15) is 21.6 Å². The maximum atomic E-state index is 11.5. The Labute approximate surface area is 107 Å². The molecule has 18 heavy (non-hydrogen) atoms. The summed E-state index contributed by atoms with van der Waals surface area (Å²) in [5.41, 5.74) is 0. The van der Waals surface area contributed by atoms with Gasteiger partial charge in [0.2, 0.25) is 5.91 Å². The number of hydrogen-bond acceptors (Lipinski definition) is 6. The zero-order chi connectivity index (χ0) is 14.4. The predicted octanol–water partition coefficient (Wildman–Crippen LogP) is -1.18. The molecule has 0 fully saturated rings. The van der Waals surface area contributed by atoms with E-state index >= 15 is 0 Å². The Morgan fingerprint density at radius 2 is 1.78 bits per heavy atom. The van der Waals surface area contributed by atoms with E-state index in [2.05, 4.69) is 0 Å². The van der Waals surface area contributed by atoms with Crippen molar-refractivity contribution in [1.82, 2.24) is 4.90 Å². The van der Waals surface area contributed by atoms with Gasteiger partial charge in [0.1, 0.15) is 15.6 Å². The van der Waals surface area contributed by atoms with Crippen molar-refractivity contribution < 1.29 is 21.6 Å². The van der Waals surface area contributed by atoms with Gasteiger partial charge in [0.15, 0.2) is 9.84 Å². The Bertz CT molecular complexity index is 530. The molecule has 104 valence electrons. The van der Waals surface area contributed by atoms with Crippen LogP contribution in [0.5, 0.6) is 0 Å². The molecule has 0 radical (unpaired) electrons. The third-order valence-electron chi connectivity index (χ3n) is 2.09. The minimum absolute atomic E-state index is 0.117. The van der Waals surface area contributed by atoms with Crippen molar-refractivity contribution in [3.63, 3.8) is 0 Å². The summed E-state index contributed by atoms with van der Waals surface area (Å²) in [4.78, 5) is 12.6. The van der Waals surface area contributed by atoms with E-state index in [0.717, 1.165) is 11.2 Å². The number of nitriles is 1. The highest BCUT2D eigenvalue weighted by Gasteiger charge is 2.21. The number of hydrogen-bond donors (Lipinski definition) is 0. The first-order valence-corrected chi connectivity index (χ1v) is 8.94. The predicted molar refractivity (Wildman–Crippen MR) is 66.2 cm³/mol. The Morgan fingerprint density at radius 1 is 1.22 bits per heavy atom. The lowest BCUT2D eigenvalue weighted by atomic mass is 10.4. The van der Waals surface area contributed by atoms with Gasteiger partial charge in [-0.1, -0.05) is 0 Å². The van der Waals surface area contributed by atoms with E-state index in [4.69, 9.17) is 5.26 Å². The van der Waals surface area contributed by atoms with Crippen molar-refractivity contribution in [3.8, 4) is 6.07 Å². The van der Waals surface area contributed by atoms with E-state index in [0.29, 0.717) is 0 Å². The number of carbonyl (C=O) groups is 1. The van der Waals surface area contributed by atoms with E-state index in [1.807, 2.05) is 6.07 Å². The lowest BCUT2D eigenvalue weighted by Gasteiger charge is -2.15. The first-order valence-electron chi connectivity index (χ1n) is 5.06. The molecule has 0 aliphatic carbocycles. The summed E-state index contributed by atoms with van der Waals surface area (Å²) in [6.07, 6.45) is 1.05. The Morgan fingerprint density at radius 3 is 2.22 bits per heavy atom. The lowest BCUT2D eigenvalue weighted by Crippen LogP contribution is -2.34. The van der Waals surface area contributed by atoms with Crippen LogP contribution in [0.4, 0.5) is 0 Å². The summed E-state index contributed by atoms with van der Waals surface area (Å²) in [6, 6.07) is 1.84. The molecule has 0 rings (SSSR count). The van der Waals surface area contributed by atoms with Crippen LogP contribution in [0.2, 0.25) is 0 Å². The second-order valence-corrected chi connectivity index (χ2v) is 8.39. The average Bonchev–Trinajstić information content (AvgIpc) is 2.21. The highest BCUT2D eigenvalue weighted by Crippen LogP contribution is 1.98. The van der Waals surface area contributed by atoms with Gasteiger partial charge in [-0.3, -0.25) is 4.79 Å². The fourth-order valence-corrected chi connectivity index (χ4v) is 3.96. The van der Waals surface area contributed by atoms with Crippen LogP contribution in [0.15, 0.2) is 0 Å². The minimum Gasteiger partial charge on any atom is -0.344 e. The van der Waals surface area contributed by atoms with E-state index in [1.165, 1.54) is 7.05 Å². The van der Waals surface area contributed by atoms with Gasteiger partial charge in [0.05, 0.1) is 24.0 Å². The highest BCUT2D eigenvalue weighted by molar-refractivity contribution is 7.95. The first-order chi connectivity index (χ1) is 8.07. The van der Waals surface area contributed by atoms with Gasteiger partial charge in [-0.15, -0.1) is 0 Å². The molecule has 0 saturated carbocycles. The van der Waals surface area contributed by atoms with Gasteiger partial charge in [-0.2, -0.15) is 5.26 Å². The number of sulfone groups is 2. The standard InChI is InChI=1S/C9H16N2O5S2/c1-11(5-3-4-10)9(12)8-18(15,16)7-6-17(2,13)14/h3,5-8H2,1-2H3. The minimum atomic E-state index is -3.74. The molecule has 0 atom stereocenters. The lowest BCUT2D eigenvalue weighted by molar-refractivity contribution is -0.127. The van der Waals surface area contributed by atoms with Crippen molar-refractivity contribution in [2.45, 2.75) is 6.42 Å². The zero-order valence-corrected chi connectivity index (χ0v) is 11.9. The Balaban J connectivity index is 4.42. The van der Waals surface area contributed by atoms with Crippen molar-refractivity contribution in [3.05, 3.63) is 0 Å². The fourth-order valence-electron chi connectivity index (χ4n) is 0.991. The zero-order valence-electron chi connectivity index (χ0n) is 10.3. The van der Waals surface area contributed by atoms with Crippen LogP contribution in [0.25, 0.3) is 0 Å². The molecular weight excluding hydrogens is 280 g/mol. The van der Waals surface area contributed by atoms with Crippen LogP contribution in [0.1, 0.15) is 6.42 Å². The van der Waals surface area contributed by atoms with Crippen LogP contribution >= 0.6 is 0 Å². The summed E-state index contributed by atoms with van der Waals surface area (Å²) >= 11 is 0. The molecule has 0 saturated heterocycles. The number of rotatable bonds is 7. The smallest absolute Gasteiger partial charge is 0.237 e. The molecule has 0 aromatic heterocycles.